The van der Waals surface area contributed by atoms with Gasteiger partial charge in [-0.05, 0) is 36.4 Å². The molecule has 160 valence electrons. The number of carbonyl (C=O) groups is 3. The number of hydrogen-bond acceptors (Lipinski definition) is 8. The summed E-state index contributed by atoms with van der Waals surface area (Å²) in [5, 5.41) is 14.1. The molecule has 3 amide bonds. The van der Waals surface area contributed by atoms with Gasteiger partial charge in [0.1, 0.15) is 11.0 Å². The van der Waals surface area contributed by atoms with Crippen molar-refractivity contribution in [1.82, 2.24) is 10.2 Å². The zero-order chi connectivity index (χ0) is 21.8. The van der Waals surface area contributed by atoms with Gasteiger partial charge in [0.15, 0.2) is 10.3 Å². The van der Waals surface area contributed by atoms with Gasteiger partial charge in [-0.2, -0.15) is 0 Å². The van der Waals surface area contributed by atoms with E-state index in [0.29, 0.717) is 26.8 Å². The first kappa shape index (κ1) is 21.5. The number of rotatable bonds is 6. The SMILES string of the molecule is O=C1CSC(=NN=C2SC(CC(=O)Nc3ccc(Cl)cc3)C(=O)N2Cc2ccco2)N1. The highest BCUT2D eigenvalue weighted by molar-refractivity contribution is 8.15. The van der Waals surface area contributed by atoms with Crippen LogP contribution in [0.15, 0.2) is 57.3 Å². The third-order valence-corrected chi connectivity index (χ3v) is 6.51. The average Bonchev–Trinajstić information content (AvgIpc) is 3.46. The fraction of sp³-hybridized carbons (Fsp3) is 0.211. The number of amidine groups is 2. The third kappa shape index (κ3) is 5.49. The van der Waals surface area contributed by atoms with Crippen LogP contribution in [0.4, 0.5) is 5.69 Å². The van der Waals surface area contributed by atoms with Crippen LogP contribution in [0.1, 0.15) is 12.2 Å². The zero-order valence-corrected chi connectivity index (χ0v) is 18.3. The Morgan fingerprint density at radius 3 is 2.74 bits per heavy atom. The molecule has 0 saturated carbocycles. The Hall–Kier alpha value is -2.76. The number of carbonyl (C=O) groups excluding carboxylic acids is 3. The molecule has 2 saturated heterocycles. The van der Waals surface area contributed by atoms with Crippen molar-refractivity contribution in [3.63, 3.8) is 0 Å². The van der Waals surface area contributed by atoms with Gasteiger partial charge >= 0.3 is 0 Å². The Balaban J connectivity index is 1.48. The van der Waals surface area contributed by atoms with Crippen LogP contribution in [0, 0.1) is 0 Å². The lowest BCUT2D eigenvalue weighted by Crippen LogP contribution is -2.33. The minimum atomic E-state index is -0.660. The van der Waals surface area contributed by atoms with Crippen LogP contribution in [0.5, 0.6) is 0 Å². The number of thioether (sulfide) groups is 2. The van der Waals surface area contributed by atoms with Crippen LogP contribution in [-0.2, 0) is 20.9 Å². The average molecular weight is 478 g/mol. The summed E-state index contributed by atoms with van der Waals surface area (Å²) in [6, 6.07) is 10.2. The molecule has 3 heterocycles. The Labute approximate surface area is 190 Å². The molecule has 2 fully saturated rings. The molecule has 0 spiro atoms. The number of nitrogens with one attached hydrogen (secondary N) is 2. The van der Waals surface area contributed by atoms with E-state index in [1.807, 2.05) is 0 Å². The Morgan fingerprint density at radius 2 is 2.06 bits per heavy atom. The summed E-state index contributed by atoms with van der Waals surface area (Å²) in [5.74, 6) is 0.124. The summed E-state index contributed by atoms with van der Waals surface area (Å²) in [4.78, 5) is 38.2. The molecule has 1 aromatic carbocycles. The summed E-state index contributed by atoms with van der Waals surface area (Å²) in [6.07, 6.45) is 1.48. The number of furan rings is 1. The Bertz CT molecular complexity index is 1060. The van der Waals surface area contributed by atoms with Gasteiger partial charge in [-0.1, -0.05) is 35.1 Å². The Kier molecular flexibility index (Phi) is 6.64. The highest BCUT2D eigenvalue weighted by Crippen LogP contribution is 2.31. The molecule has 1 aromatic heterocycles. The number of amides is 3. The maximum absolute atomic E-state index is 13.0. The number of benzene rings is 1. The molecule has 1 unspecified atom stereocenters. The molecule has 2 aliphatic rings. The van der Waals surface area contributed by atoms with E-state index in [4.69, 9.17) is 16.0 Å². The van der Waals surface area contributed by atoms with Gasteiger partial charge in [-0.15, -0.1) is 10.2 Å². The van der Waals surface area contributed by atoms with E-state index in [1.54, 1.807) is 36.4 Å². The van der Waals surface area contributed by atoms with Gasteiger partial charge in [0, 0.05) is 17.1 Å². The van der Waals surface area contributed by atoms with E-state index >= 15 is 0 Å². The molecular weight excluding hydrogens is 462 g/mol. The highest BCUT2D eigenvalue weighted by atomic mass is 35.5. The standard InChI is InChI=1S/C19H16ClN5O4S2/c20-11-3-5-12(6-4-11)21-15(26)8-14-17(28)25(9-13-2-1-7-29-13)19(31-14)24-23-18-22-16(27)10-30-18/h1-7,14H,8-10H2,(H,21,26)(H,22,23,27). The molecule has 9 nitrogen and oxygen atoms in total. The lowest BCUT2D eigenvalue weighted by molar-refractivity contribution is -0.128. The predicted octanol–water partition coefficient (Wildman–Crippen LogP) is 2.90. The summed E-state index contributed by atoms with van der Waals surface area (Å²) >= 11 is 8.24. The second kappa shape index (κ2) is 9.58. The highest BCUT2D eigenvalue weighted by Gasteiger charge is 2.40. The molecule has 2 N–H and O–H groups in total. The summed E-state index contributed by atoms with van der Waals surface area (Å²) < 4.78 is 5.34. The van der Waals surface area contributed by atoms with E-state index < -0.39 is 5.25 Å². The summed E-state index contributed by atoms with van der Waals surface area (Å²) in [7, 11) is 0. The normalized spacial score (nSPS) is 21.2. The van der Waals surface area contributed by atoms with Crippen molar-refractivity contribution in [2.45, 2.75) is 18.2 Å². The molecule has 0 bridgehead atoms. The van der Waals surface area contributed by atoms with Gasteiger partial charge in [0.05, 0.1) is 18.6 Å². The van der Waals surface area contributed by atoms with E-state index in [1.165, 1.54) is 22.9 Å². The molecule has 2 aromatic rings. The van der Waals surface area contributed by atoms with Crippen LogP contribution in [-0.4, -0.2) is 44.0 Å². The topological polar surface area (TPSA) is 116 Å². The lowest BCUT2D eigenvalue weighted by Gasteiger charge is -2.14. The molecule has 12 heteroatoms. The van der Waals surface area contributed by atoms with Crippen molar-refractivity contribution in [1.29, 1.82) is 0 Å². The molecule has 1 atom stereocenters. The van der Waals surface area contributed by atoms with E-state index in [9.17, 15) is 14.4 Å². The number of halogens is 1. The molecule has 4 rings (SSSR count). The van der Waals surface area contributed by atoms with Gasteiger partial charge < -0.3 is 15.1 Å². The first-order valence-electron chi connectivity index (χ1n) is 9.12. The third-order valence-electron chi connectivity index (χ3n) is 4.23. The summed E-state index contributed by atoms with van der Waals surface area (Å²) in [6.45, 7) is 0.164. The molecule has 0 radical (unpaired) electrons. The first-order chi connectivity index (χ1) is 15.0. The Morgan fingerprint density at radius 1 is 1.26 bits per heavy atom. The fourth-order valence-electron chi connectivity index (χ4n) is 2.80. The maximum atomic E-state index is 13.0. The molecule has 2 aliphatic heterocycles. The number of anilines is 1. The van der Waals surface area contributed by atoms with Crippen molar-refractivity contribution in [3.05, 3.63) is 53.4 Å². The number of hydrogen-bond donors (Lipinski definition) is 2. The van der Waals surface area contributed by atoms with Crippen molar-refractivity contribution >= 4 is 68.9 Å². The molecular formula is C19H16ClN5O4S2. The fourth-order valence-corrected chi connectivity index (χ4v) is 4.64. The van der Waals surface area contributed by atoms with Crippen LogP contribution in [0.3, 0.4) is 0 Å². The minimum Gasteiger partial charge on any atom is -0.467 e. The lowest BCUT2D eigenvalue weighted by atomic mass is 10.2. The smallest absolute Gasteiger partial charge is 0.243 e. The second-order valence-corrected chi connectivity index (χ2v) is 9.06. The van der Waals surface area contributed by atoms with Crippen molar-refractivity contribution in [3.8, 4) is 0 Å². The predicted molar refractivity (Wildman–Crippen MR) is 121 cm³/mol. The van der Waals surface area contributed by atoms with Crippen LogP contribution in [0.25, 0.3) is 0 Å². The quantitative estimate of drug-likeness (QED) is 0.618. The first-order valence-corrected chi connectivity index (χ1v) is 11.4. The van der Waals surface area contributed by atoms with Crippen molar-refractivity contribution in [2.24, 2.45) is 10.2 Å². The van der Waals surface area contributed by atoms with Gasteiger partial charge in [-0.3, -0.25) is 19.3 Å². The van der Waals surface area contributed by atoms with Gasteiger partial charge in [0.25, 0.3) is 0 Å². The van der Waals surface area contributed by atoms with E-state index in [-0.39, 0.29) is 36.4 Å². The van der Waals surface area contributed by atoms with Crippen LogP contribution in [0.2, 0.25) is 5.02 Å². The minimum absolute atomic E-state index is 0.0398. The van der Waals surface area contributed by atoms with Crippen molar-refractivity contribution < 1.29 is 18.8 Å². The van der Waals surface area contributed by atoms with E-state index in [2.05, 4.69) is 20.8 Å². The van der Waals surface area contributed by atoms with Crippen molar-refractivity contribution in [2.75, 3.05) is 11.1 Å². The largest absolute Gasteiger partial charge is 0.467 e. The van der Waals surface area contributed by atoms with Gasteiger partial charge in [0.2, 0.25) is 17.7 Å². The molecule has 0 aliphatic carbocycles. The second-order valence-electron chi connectivity index (χ2n) is 6.49. The summed E-state index contributed by atoms with van der Waals surface area (Å²) in [5.41, 5.74) is 0.589. The zero-order valence-electron chi connectivity index (χ0n) is 15.9. The van der Waals surface area contributed by atoms with Crippen LogP contribution >= 0.6 is 35.1 Å². The van der Waals surface area contributed by atoms with Gasteiger partial charge in [-0.25, -0.2) is 0 Å². The monoisotopic (exact) mass is 477 g/mol. The maximum Gasteiger partial charge on any atom is 0.243 e. The van der Waals surface area contributed by atoms with Crippen LogP contribution < -0.4 is 10.6 Å². The van der Waals surface area contributed by atoms with E-state index in [0.717, 1.165) is 11.8 Å². The number of nitrogens with zero attached hydrogens (tertiary/aromatic N) is 3. The molecule has 31 heavy (non-hydrogen) atoms.